The fraction of sp³-hybridized carbons (Fsp3) is 0.900. The van der Waals surface area contributed by atoms with E-state index in [1.165, 1.54) is 0 Å². The van der Waals surface area contributed by atoms with Crippen molar-refractivity contribution in [1.29, 1.82) is 0 Å². The number of aliphatic hydroxyl groups is 1. The Morgan fingerprint density at radius 1 is 1.12 bits per heavy atom. The first-order valence-electron chi connectivity index (χ1n) is 9.86. The lowest BCUT2D eigenvalue weighted by molar-refractivity contribution is -0.126. The second-order valence-corrected chi connectivity index (χ2v) is 20.4. The van der Waals surface area contributed by atoms with E-state index in [2.05, 4.69) is 60.1 Å². The molecule has 0 aliphatic rings. The van der Waals surface area contributed by atoms with E-state index in [4.69, 9.17) is 13.9 Å². The minimum absolute atomic E-state index is 0.0871. The van der Waals surface area contributed by atoms with Gasteiger partial charge in [-0.05, 0) is 37.5 Å². The molecule has 0 aliphatic carbocycles. The van der Waals surface area contributed by atoms with Crippen LogP contribution in [0.4, 0.5) is 0 Å². The third-order valence-corrected chi connectivity index (χ3v) is 11.4. The Hall–Kier alpha value is 0.0138. The van der Waals surface area contributed by atoms with Crippen LogP contribution in [0, 0.1) is 0 Å². The number of hydrogen-bond acceptors (Lipinski definition) is 4. The van der Waals surface area contributed by atoms with Crippen molar-refractivity contribution in [3.05, 3.63) is 12.7 Å². The van der Waals surface area contributed by atoms with Crippen LogP contribution in [0.5, 0.6) is 0 Å². The molecule has 0 aromatic heterocycles. The van der Waals surface area contributed by atoms with Gasteiger partial charge in [-0.2, -0.15) is 0 Å². The van der Waals surface area contributed by atoms with Crippen molar-refractivity contribution in [3.63, 3.8) is 0 Å². The van der Waals surface area contributed by atoms with Gasteiger partial charge in [0.05, 0.1) is 18.3 Å². The summed E-state index contributed by atoms with van der Waals surface area (Å²) < 4.78 is 18.2. The Morgan fingerprint density at radius 3 is 2.15 bits per heavy atom. The maximum Gasteiger partial charge on any atom is 0.192 e. The van der Waals surface area contributed by atoms with Gasteiger partial charge in [0.15, 0.2) is 8.32 Å². The van der Waals surface area contributed by atoms with Crippen LogP contribution in [0.1, 0.15) is 40.5 Å². The van der Waals surface area contributed by atoms with E-state index in [9.17, 15) is 5.11 Å². The molecule has 0 saturated heterocycles. The molecule has 1 N–H and O–H groups in total. The minimum Gasteiger partial charge on any atom is -0.412 e. The lowest BCUT2D eigenvalue weighted by Crippen LogP contribution is -2.47. The molecule has 4 nitrogen and oxygen atoms in total. The quantitative estimate of drug-likeness (QED) is 0.193. The maximum absolute atomic E-state index is 10.2. The fourth-order valence-electron chi connectivity index (χ4n) is 2.24. The summed E-state index contributed by atoms with van der Waals surface area (Å²) in [6.07, 6.45) is 2.08. The van der Waals surface area contributed by atoms with Crippen molar-refractivity contribution in [2.45, 2.75) is 103 Å². The fourth-order valence-corrected chi connectivity index (χ4v) is 4.43. The van der Waals surface area contributed by atoms with Gasteiger partial charge in [0, 0.05) is 21.1 Å². The highest BCUT2D eigenvalue weighted by molar-refractivity contribution is 6.76. The molecular weight excluding hydrogens is 360 g/mol. The normalized spacial score (nSPS) is 17.0. The highest BCUT2D eigenvalue weighted by Crippen LogP contribution is 2.38. The number of ether oxygens (including phenoxy) is 2. The summed E-state index contributed by atoms with van der Waals surface area (Å²) in [7, 11) is -2.99. The zero-order valence-corrected chi connectivity index (χ0v) is 20.7. The predicted molar refractivity (Wildman–Crippen MR) is 117 cm³/mol. The average molecular weight is 405 g/mol. The Bertz CT molecular complexity index is 400. The molecule has 6 heteroatoms. The molecular formula is C20H44O4Si2. The monoisotopic (exact) mass is 404 g/mol. The molecule has 0 rings (SSSR count). The van der Waals surface area contributed by atoms with E-state index in [0.717, 1.165) is 12.7 Å². The van der Waals surface area contributed by atoms with Crippen molar-refractivity contribution in [2.24, 2.45) is 0 Å². The topological polar surface area (TPSA) is 47.9 Å². The SMILES string of the molecule is C=CC[C@H](O)C[C@@H](OCOCC[Si](C)(C)C)[C@@H](C)O[Si](C)(C)C(C)(C)C. The van der Waals surface area contributed by atoms with Gasteiger partial charge in [0.25, 0.3) is 0 Å². The molecule has 0 aromatic rings. The van der Waals surface area contributed by atoms with Gasteiger partial charge in [0.2, 0.25) is 0 Å². The van der Waals surface area contributed by atoms with Crippen molar-refractivity contribution < 1.29 is 19.0 Å². The van der Waals surface area contributed by atoms with E-state index in [0.29, 0.717) is 12.8 Å². The van der Waals surface area contributed by atoms with Gasteiger partial charge >= 0.3 is 0 Å². The third kappa shape index (κ3) is 11.0. The lowest BCUT2D eigenvalue weighted by atomic mass is 10.1. The molecule has 156 valence electrons. The van der Waals surface area contributed by atoms with Crippen LogP contribution in [-0.4, -0.2) is 53.2 Å². The van der Waals surface area contributed by atoms with Crippen LogP contribution in [0.25, 0.3) is 0 Å². The van der Waals surface area contributed by atoms with Crippen LogP contribution in [-0.2, 0) is 13.9 Å². The molecule has 0 aliphatic heterocycles. The zero-order valence-electron chi connectivity index (χ0n) is 18.7. The first-order valence-corrected chi connectivity index (χ1v) is 16.5. The number of aliphatic hydroxyl groups excluding tert-OH is 1. The van der Waals surface area contributed by atoms with E-state index in [1.54, 1.807) is 6.08 Å². The van der Waals surface area contributed by atoms with Crippen LogP contribution in [0.2, 0.25) is 43.8 Å². The average Bonchev–Trinajstić information content (AvgIpc) is 2.42. The summed E-state index contributed by atoms with van der Waals surface area (Å²) in [5, 5.41) is 10.3. The van der Waals surface area contributed by atoms with E-state index in [-0.39, 0.29) is 24.0 Å². The summed E-state index contributed by atoms with van der Waals surface area (Å²) in [5.74, 6) is 0. The van der Waals surface area contributed by atoms with Gasteiger partial charge in [-0.3, -0.25) is 0 Å². The summed E-state index contributed by atoms with van der Waals surface area (Å²) in [5.41, 5.74) is 0. The van der Waals surface area contributed by atoms with Crippen LogP contribution in [0.3, 0.4) is 0 Å². The molecule has 0 radical (unpaired) electrons. The Kier molecular flexibility index (Phi) is 11.1. The van der Waals surface area contributed by atoms with Gasteiger partial charge in [0.1, 0.15) is 6.79 Å². The molecule has 0 unspecified atom stereocenters. The molecule has 26 heavy (non-hydrogen) atoms. The summed E-state index contributed by atoms with van der Waals surface area (Å²) in [4.78, 5) is 0. The lowest BCUT2D eigenvalue weighted by Gasteiger charge is -2.40. The smallest absolute Gasteiger partial charge is 0.192 e. The summed E-state index contributed by atoms with van der Waals surface area (Å²) in [6.45, 7) is 24.9. The molecule has 0 bridgehead atoms. The second kappa shape index (κ2) is 11.1. The van der Waals surface area contributed by atoms with E-state index in [1.807, 2.05) is 6.92 Å². The standard InChI is InChI=1S/C20H44O4Si2/c1-11-12-18(21)15-19(23-16-22-13-14-25(6,7)8)17(2)24-26(9,10)20(3,4)5/h11,17-19,21H,1,12-16H2,2-10H3/t17-,18+,19-/m1/s1. The summed E-state index contributed by atoms with van der Waals surface area (Å²) >= 11 is 0. The molecule has 0 heterocycles. The van der Waals surface area contributed by atoms with Gasteiger partial charge in [-0.25, -0.2) is 0 Å². The van der Waals surface area contributed by atoms with E-state index >= 15 is 0 Å². The van der Waals surface area contributed by atoms with Gasteiger partial charge < -0.3 is 19.0 Å². The maximum atomic E-state index is 10.2. The summed E-state index contributed by atoms with van der Waals surface area (Å²) in [6, 6.07) is 1.12. The molecule has 0 saturated carbocycles. The van der Waals surface area contributed by atoms with Crippen molar-refractivity contribution in [1.82, 2.24) is 0 Å². The highest BCUT2D eigenvalue weighted by Gasteiger charge is 2.40. The molecule has 3 atom stereocenters. The molecule has 0 amide bonds. The first kappa shape index (κ1) is 26.0. The zero-order chi connectivity index (χ0) is 20.6. The van der Waals surface area contributed by atoms with Crippen LogP contribution in [0.15, 0.2) is 12.7 Å². The second-order valence-electron chi connectivity index (χ2n) is 10.0. The molecule has 0 spiro atoms. The van der Waals surface area contributed by atoms with Gasteiger partial charge in [-0.15, -0.1) is 6.58 Å². The van der Waals surface area contributed by atoms with Crippen LogP contribution >= 0.6 is 0 Å². The number of rotatable bonds is 13. The molecule has 0 fully saturated rings. The van der Waals surface area contributed by atoms with Crippen molar-refractivity contribution in [3.8, 4) is 0 Å². The first-order chi connectivity index (χ1) is 11.7. The van der Waals surface area contributed by atoms with Gasteiger partial charge in [-0.1, -0.05) is 46.5 Å². The Balaban J connectivity index is 4.75. The van der Waals surface area contributed by atoms with E-state index < -0.39 is 22.5 Å². The van der Waals surface area contributed by atoms with Crippen molar-refractivity contribution in [2.75, 3.05) is 13.4 Å². The minimum atomic E-state index is -1.90. The largest absolute Gasteiger partial charge is 0.412 e. The Morgan fingerprint density at radius 2 is 1.69 bits per heavy atom. The predicted octanol–water partition coefficient (Wildman–Crippen LogP) is 5.42. The molecule has 0 aromatic carbocycles. The third-order valence-electron chi connectivity index (χ3n) is 5.12. The highest BCUT2D eigenvalue weighted by atomic mass is 28.4. The number of hydrogen-bond donors (Lipinski definition) is 1. The van der Waals surface area contributed by atoms with Crippen LogP contribution < -0.4 is 0 Å². The Labute approximate surface area is 164 Å². The van der Waals surface area contributed by atoms with Crippen molar-refractivity contribution >= 4 is 16.4 Å².